The molecule has 4 nitrogen and oxygen atoms in total. The molecule has 0 radical (unpaired) electrons. The molecule has 2 rings (SSSR count). The molecular formula is C16H28Cl2N2O2. The number of nitrogens with zero attached hydrogens (tertiary/aromatic N) is 1. The Balaban J connectivity index is 0.00000220. The number of piperazine rings is 1. The first-order chi connectivity index (χ1) is 9.77. The number of aromatic hydroxyl groups is 1. The zero-order valence-corrected chi connectivity index (χ0v) is 15.0. The second-order valence-corrected chi connectivity index (χ2v) is 5.34. The van der Waals surface area contributed by atoms with Crippen LogP contribution >= 0.6 is 24.8 Å². The summed E-state index contributed by atoms with van der Waals surface area (Å²) in [6.45, 7) is 6.27. The number of hydrogen-bond donors (Lipinski definition) is 2. The van der Waals surface area contributed by atoms with Crippen LogP contribution < -0.4 is 10.1 Å². The lowest BCUT2D eigenvalue weighted by atomic mass is 9.97. The number of rotatable bonds is 6. The molecule has 6 heteroatoms. The standard InChI is InChI=1S/C16H26N2O2.2ClH/c1-3-4-6-13(18-11-9-17-10-12-18)16-14(19)7-5-8-15(16)20-2;;/h5,7-8,13,17,19H,3-4,6,9-12H2,1-2H3;2*1H/t13-;;/m1../s1. The van der Waals surface area contributed by atoms with Crippen molar-refractivity contribution in [3.05, 3.63) is 23.8 Å². The van der Waals surface area contributed by atoms with E-state index in [0.29, 0.717) is 5.75 Å². The van der Waals surface area contributed by atoms with E-state index in [-0.39, 0.29) is 30.9 Å². The molecule has 128 valence electrons. The third-order valence-corrected chi connectivity index (χ3v) is 4.02. The van der Waals surface area contributed by atoms with Gasteiger partial charge in [-0.2, -0.15) is 0 Å². The molecule has 0 amide bonds. The minimum Gasteiger partial charge on any atom is -0.507 e. The van der Waals surface area contributed by atoms with Crippen molar-refractivity contribution < 1.29 is 9.84 Å². The molecule has 1 fully saturated rings. The predicted octanol–water partition coefficient (Wildman–Crippen LogP) is 3.38. The van der Waals surface area contributed by atoms with Crippen LogP contribution in [0.25, 0.3) is 0 Å². The summed E-state index contributed by atoms with van der Waals surface area (Å²) in [5.41, 5.74) is 0.949. The van der Waals surface area contributed by atoms with Crippen LogP contribution in [0.2, 0.25) is 0 Å². The number of nitrogens with one attached hydrogen (secondary N) is 1. The smallest absolute Gasteiger partial charge is 0.127 e. The van der Waals surface area contributed by atoms with E-state index in [4.69, 9.17) is 4.74 Å². The van der Waals surface area contributed by atoms with Crippen molar-refractivity contribution in [3.8, 4) is 11.5 Å². The maximum atomic E-state index is 10.3. The summed E-state index contributed by atoms with van der Waals surface area (Å²) < 4.78 is 5.48. The van der Waals surface area contributed by atoms with E-state index >= 15 is 0 Å². The first kappa shape index (κ1) is 21.3. The number of halogens is 2. The molecule has 0 spiro atoms. The topological polar surface area (TPSA) is 44.7 Å². The van der Waals surface area contributed by atoms with Crippen molar-refractivity contribution in [2.45, 2.75) is 32.2 Å². The monoisotopic (exact) mass is 350 g/mol. The maximum absolute atomic E-state index is 10.3. The molecule has 1 aromatic carbocycles. The average molecular weight is 351 g/mol. The second kappa shape index (κ2) is 10.9. The fraction of sp³-hybridized carbons (Fsp3) is 0.625. The molecule has 0 bridgehead atoms. The Bertz CT molecular complexity index is 427. The molecule has 0 unspecified atom stereocenters. The summed E-state index contributed by atoms with van der Waals surface area (Å²) in [4.78, 5) is 2.46. The fourth-order valence-corrected chi connectivity index (χ4v) is 2.95. The SMILES string of the molecule is CCCC[C@H](c1c(O)cccc1OC)N1CCNCC1.Cl.Cl. The van der Waals surface area contributed by atoms with Gasteiger partial charge in [0.1, 0.15) is 11.5 Å². The number of hydrogen-bond acceptors (Lipinski definition) is 4. The van der Waals surface area contributed by atoms with Crippen LogP contribution in [0.5, 0.6) is 11.5 Å². The summed E-state index contributed by atoms with van der Waals surface area (Å²) in [5, 5.41) is 13.7. The zero-order chi connectivity index (χ0) is 14.4. The molecule has 0 saturated carbocycles. The van der Waals surface area contributed by atoms with E-state index in [0.717, 1.165) is 50.3 Å². The van der Waals surface area contributed by atoms with Gasteiger partial charge < -0.3 is 15.2 Å². The molecule has 1 aliphatic heterocycles. The lowest BCUT2D eigenvalue weighted by molar-refractivity contribution is 0.157. The Hall–Kier alpha value is -0.680. The Morgan fingerprint density at radius 1 is 1.27 bits per heavy atom. The van der Waals surface area contributed by atoms with Gasteiger partial charge in [0.2, 0.25) is 0 Å². The van der Waals surface area contributed by atoms with Crippen molar-refractivity contribution in [1.29, 1.82) is 0 Å². The van der Waals surface area contributed by atoms with Crippen LogP contribution in [-0.2, 0) is 0 Å². The minimum absolute atomic E-state index is 0. The zero-order valence-electron chi connectivity index (χ0n) is 13.4. The van der Waals surface area contributed by atoms with Crippen molar-refractivity contribution in [2.24, 2.45) is 0 Å². The first-order valence-corrected chi connectivity index (χ1v) is 7.58. The maximum Gasteiger partial charge on any atom is 0.127 e. The van der Waals surface area contributed by atoms with E-state index in [1.807, 2.05) is 12.1 Å². The highest BCUT2D eigenvalue weighted by molar-refractivity contribution is 5.85. The average Bonchev–Trinajstić information content (AvgIpc) is 2.50. The highest BCUT2D eigenvalue weighted by Crippen LogP contribution is 2.39. The van der Waals surface area contributed by atoms with Crippen molar-refractivity contribution in [3.63, 3.8) is 0 Å². The van der Waals surface area contributed by atoms with Crippen molar-refractivity contribution >= 4 is 24.8 Å². The van der Waals surface area contributed by atoms with E-state index < -0.39 is 0 Å². The van der Waals surface area contributed by atoms with Gasteiger partial charge in [-0.15, -0.1) is 24.8 Å². The number of benzene rings is 1. The molecule has 22 heavy (non-hydrogen) atoms. The summed E-state index contributed by atoms with van der Waals surface area (Å²) in [6.07, 6.45) is 3.38. The van der Waals surface area contributed by atoms with Gasteiger partial charge in [-0.05, 0) is 18.6 Å². The molecule has 0 aromatic heterocycles. The van der Waals surface area contributed by atoms with Gasteiger partial charge in [0.15, 0.2) is 0 Å². The largest absolute Gasteiger partial charge is 0.507 e. The molecule has 1 heterocycles. The summed E-state index contributed by atoms with van der Waals surface area (Å²) >= 11 is 0. The molecule has 0 aliphatic carbocycles. The lowest BCUT2D eigenvalue weighted by Gasteiger charge is -2.36. The van der Waals surface area contributed by atoms with Gasteiger partial charge in [0, 0.05) is 32.2 Å². The van der Waals surface area contributed by atoms with Gasteiger partial charge in [0.05, 0.1) is 12.7 Å². The molecule has 1 aromatic rings. The lowest BCUT2D eigenvalue weighted by Crippen LogP contribution is -2.45. The molecule has 2 N–H and O–H groups in total. The van der Waals surface area contributed by atoms with Gasteiger partial charge in [-0.3, -0.25) is 4.90 Å². The predicted molar refractivity (Wildman–Crippen MR) is 95.9 cm³/mol. The normalized spacial score (nSPS) is 16.3. The second-order valence-electron chi connectivity index (χ2n) is 5.34. The molecule has 1 saturated heterocycles. The van der Waals surface area contributed by atoms with Crippen LogP contribution in [0.1, 0.15) is 37.8 Å². The number of methoxy groups -OCH3 is 1. The van der Waals surface area contributed by atoms with Crippen LogP contribution in [0.3, 0.4) is 0 Å². The number of phenolic OH excluding ortho intramolecular Hbond substituents is 1. The fourth-order valence-electron chi connectivity index (χ4n) is 2.95. The van der Waals surface area contributed by atoms with E-state index in [1.54, 1.807) is 13.2 Å². The van der Waals surface area contributed by atoms with Gasteiger partial charge in [-0.1, -0.05) is 25.8 Å². The molecular weight excluding hydrogens is 323 g/mol. The van der Waals surface area contributed by atoms with Crippen molar-refractivity contribution in [1.82, 2.24) is 10.2 Å². The van der Waals surface area contributed by atoms with Crippen LogP contribution in [-0.4, -0.2) is 43.3 Å². The van der Waals surface area contributed by atoms with Gasteiger partial charge >= 0.3 is 0 Å². The Kier molecular flexibility index (Phi) is 10.6. The van der Waals surface area contributed by atoms with Crippen molar-refractivity contribution in [2.75, 3.05) is 33.3 Å². The molecule has 1 atom stereocenters. The van der Waals surface area contributed by atoms with Crippen LogP contribution in [0.4, 0.5) is 0 Å². The van der Waals surface area contributed by atoms with Crippen LogP contribution in [0, 0.1) is 0 Å². The Labute approximate surface area is 146 Å². The highest BCUT2D eigenvalue weighted by Gasteiger charge is 2.26. The minimum atomic E-state index is 0. The number of unbranched alkanes of at least 4 members (excludes halogenated alkanes) is 1. The third kappa shape index (κ3) is 5.20. The number of phenols is 1. The Morgan fingerprint density at radius 3 is 2.55 bits per heavy atom. The summed E-state index contributed by atoms with van der Waals surface area (Å²) in [7, 11) is 1.67. The first-order valence-electron chi connectivity index (χ1n) is 7.58. The van der Waals surface area contributed by atoms with Crippen LogP contribution in [0.15, 0.2) is 18.2 Å². The molecule has 1 aliphatic rings. The Morgan fingerprint density at radius 2 is 1.95 bits per heavy atom. The third-order valence-electron chi connectivity index (χ3n) is 4.02. The summed E-state index contributed by atoms with van der Waals surface area (Å²) in [6, 6.07) is 5.79. The quantitative estimate of drug-likeness (QED) is 0.825. The van der Waals surface area contributed by atoms with E-state index in [2.05, 4.69) is 17.1 Å². The van der Waals surface area contributed by atoms with Gasteiger partial charge in [-0.25, -0.2) is 0 Å². The van der Waals surface area contributed by atoms with E-state index in [1.165, 1.54) is 6.42 Å². The number of ether oxygens (including phenoxy) is 1. The summed E-state index contributed by atoms with van der Waals surface area (Å²) in [5.74, 6) is 1.15. The van der Waals surface area contributed by atoms with E-state index in [9.17, 15) is 5.11 Å². The van der Waals surface area contributed by atoms with Gasteiger partial charge in [0.25, 0.3) is 0 Å². The highest BCUT2D eigenvalue weighted by atomic mass is 35.5.